The number of piperazine rings is 1. The van der Waals surface area contributed by atoms with E-state index < -0.39 is 0 Å². The van der Waals surface area contributed by atoms with Gasteiger partial charge in [-0.3, -0.25) is 9.69 Å². The van der Waals surface area contributed by atoms with Crippen molar-refractivity contribution in [2.75, 3.05) is 51.8 Å². The molecule has 23 heavy (non-hydrogen) atoms. The maximum absolute atomic E-state index is 12.0. The van der Waals surface area contributed by atoms with Gasteiger partial charge in [-0.25, -0.2) is 0 Å². The van der Waals surface area contributed by atoms with E-state index in [1.165, 1.54) is 11.3 Å². The van der Waals surface area contributed by atoms with Crippen molar-refractivity contribution in [1.82, 2.24) is 9.80 Å². The molecule has 0 saturated carbocycles. The van der Waals surface area contributed by atoms with Crippen LogP contribution in [0, 0.1) is 11.3 Å². The zero-order valence-electron chi connectivity index (χ0n) is 13.7. The van der Waals surface area contributed by atoms with Crippen LogP contribution in [0.3, 0.4) is 0 Å². The fourth-order valence-electron chi connectivity index (χ4n) is 2.76. The summed E-state index contributed by atoms with van der Waals surface area (Å²) >= 11 is 1.39. The van der Waals surface area contributed by atoms with Gasteiger partial charge in [-0.05, 0) is 18.4 Å². The van der Waals surface area contributed by atoms with Crippen molar-refractivity contribution in [3.05, 3.63) is 17.0 Å². The summed E-state index contributed by atoms with van der Waals surface area (Å²) in [5, 5.41) is 14.2. The molecule has 0 aromatic carbocycles. The predicted molar refractivity (Wildman–Crippen MR) is 91.6 cm³/mol. The first-order chi connectivity index (χ1) is 11.1. The van der Waals surface area contributed by atoms with Crippen LogP contribution in [0.1, 0.15) is 18.9 Å². The van der Waals surface area contributed by atoms with Crippen LogP contribution in [0.25, 0.3) is 0 Å². The maximum atomic E-state index is 12.0. The van der Waals surface area contributed by atoms with E-state index in [9.17, 15) is 4.79 Å². The SMILES string of the molecule is COCCN1CCN(CCC(=O)Nc2sccc2C#N)CC1C. The van der Waals surface area contributed by atoms with E-state index in [1.807, 2.05) is 5.38 Å². The predicted octanol–water partition coefficient (Wildman–Crippen LogP) is 1.60. The first kappa shape index (κ1) is 17.9. The van der Waals surface area contributed by atoms with Crippen molar-refractivity contribution in [3.8, 4) is 6.07 Å². The highest BCUT2D eigenvalue weighted by Crippen LogP contribution is 2.22. The van der Waals surface area contributed by atoms with Gasteiger partial charge in [0.2, 0.25) is 5.91 Å². The number of nitrogens with one attached hydrogen (secondary N) is 1. The van der Waals surface area contributed by atoms with Gasteiger partial charge in [0.1, 0.15) is 11.1 Å². The van der Waals surface area contributed by atoms with Crippen LogP contribution in [-0.4, -0.2) is 68.2 Å². The Morgan fingerprint density at radius 2 is 2.35 bits per heavy atom. The summed E-state index contributed by atoms with van der Waals surface area (Å²) in [7, 11) is 1.73. The smallest absolute Gasteiger partial charge is 0.226 e. The number of methoxy groups -OCH3 is 1. The molecule has 1 saturated heterocycles. The van der Waals surface area contributed by atoms with E-state index in [0.29, 0.717) is 23.0 Å². The Morgan fingerprint density at radius 1 is 1.52 bits per heavy atom. The Bertz CT molecular complexity index is 555. The van der Waals surface area contributed by atoms with Crippen LogP contribution in [0.5, 0.6) is 0 Å². The van der Waals surface area contributed by atoms with Crippen LogP contribution in [0.2, 0.25) is 0 Å². The molecule has 1 aromatic heterocycles. The number of thiophene rings is 1. The van der Waals surface area contributed by atoms with Crippen molar-refractivity contribution in [2.45, 2.75) is 19.4 Å². The van der Waals surface area contributed by atoms with Gasteiger partial charge in [0, 0.05) is 52.3 Å². The quantitative estimate of drug-likeness (QED) is 0.819. The van der Waals surface area contributed by atoms with Crippen molar-refractivity contribution in [1.29, 1.82) is 5.26 Å². The summed E-state index contributed by atoms with van der Waals surface area (Å²) in [6.07, 6.45) is 0.452. The zero-order chi connectivity index (χ0) is 16.7. The normalized spacial score (nSPS) is 19.4. The first-order valence-electron chi connectivity index (χ1n) is 7.86. The van der Waals surface area contributed by atoms with Crippen molar-refractivity contribution in [3.63, 3.8) is 0 Å². The fourth-order valence-corrected chi connectivity index (χ4v) is 3.51. The lowest BCUT2D eigenvalue weighted by atomic mass is 10.2. The molecule has 6 nitrogen and oxygen atoms in total. The molecule has 1 N–H and O–H groups in total. The van der Waals surface area contributed by atoms with Gasteiger partial charge < -0.3 is 15.0 Å². The maximum Gasteiger partial charge on any atom is 0.226 e. The number of hydrogen-bond donors (Lipinski definition) is 1. The number of amides is 1. The Kier molecular flexibility index (Phi) is 6.99. The van der Waals surface area contributed by atoms with Gasteiger partial charge in [-0.15, -0.1) is 11.3 Å². The molecular weight excluding hydrogens is 312 g/mol. The van der Waals surface area contributed by atoms with E-state index in [4.69, 9.17) is 10.00 Å². The Balaban J connectivity index is 1.72. The molecule has 0 aliphatic carbocycles. The number of carbonyl (C=O) groups excluding carboxylic acids is 1. The minimum absolute atomic E-state index is 0.0292. The van der Waals surface area contributed by atoms with E-state index in [0.717, 1.165) is 39.3 Å². The summed E-state index contributed by atoms with van der Waals surface area (Å²) in [5.74, 6) is -0.0292. The molecule has 1 unspecified atom stereocenters. The van der Waals surface area contributed by atoms with Crippen LogP contribution < -0.4 is 5.32 Å². The number of anilines is 1. The number of nitrogens with zero attached hydrogens (tertiary/aromatic N) is 3. The molecule has 1 aromatic rings. The van der Waals surface area contributed by atoms with Gasteiger partial charge in [0.25, 0.3) is 0 Å². The molecule has 1 aliphatic rings. The first-order valence-corrected chi connectivity index (χ1v) is 8.74. The molecule has 126 valence electrons. The van der Waals surface area contributed by atoms with Crippen LogP contribution in [0.15, 0.2) is 11.4 Å². The van der Waals surface area contributed by atoms with Crippen molar-refractivity contribution < 1.29 is 9.53 Å². The molecule has 0 radical (unpaired) electrons. The van der Waals surface area contributed by atoms with Gasteiger partial charge in [-0.2, -0.15) is 5.26 Å². The number of hydrogen-bond acceptors (Lipinski definition) is 6. The van der Waals surface area contributed by atoms with Crippen molar-refractivity contribution >= 4 is 22.2 Å². The molecule has 1 aliphatic heterocycles. The molecular formula is C16H24N4O2S. The summed E-state index contributed by atoms with van der Waals surface area (Å²) in [6, 6.07) is 4.28. The van der Waals surface area contributed by atoms with E-state index in [2.05, 4.69) is 28.1 Å². The molecule has 2 heterocycles. The zero-order valence-corrected chi connectivity index (χ0v) is 14.6. The third kappa shape index (κ3) is 5.29. The monoisotopic (exact) mass is 336 g/mol. The summed E-state index contributed by atoms with van der Waals surface area (Å²) < 4.78 is 5.14. The van der Waals surface area contributed by atoms with Gasteiger partial charge in [0.05, 0.1) is 12.2 Å². The highest BCUT2D eigenvalue weighted by molar-refractivity contribution is 7.14. The number of carbonyl (C=O) groups is 1. The van der Waals surface area contributed by atoms with E-state index in [-0.39, 0.29) is 5.91 Å². The molecule has 2 rings (SSSR count). The minimum atomic E-state index is -0.0292. The van der Waals surface area contributed by atoms with Gasteiger partial charge in [-0.1, -0.05) is 0 Å². The average Bonchev–Trinajstić information content (AvgIpc) is 2.99. The molecule has 0 spiro atoms. The lowest BCUT2D eigenvalue weighted by Crippen LogP contribution is -2.52. The second kappa shape index (κ2) is 8.99. The highest BCUT2D eigenvalue weighted by atomic mass is 32.1. The van der Waals surface area contributed by atoms with Gasteiger partial charge in [0.15, 0.2) is 0 Å². The van der Waals surface area contributed by atoms with Gasteiger partial charge >= 0.3 is 0 Å². The topological polar surface area (TPSA) is 68.6 Å². The third-order valence-corrected chi connectivity index (χ3v) is 4.96. The molecule has 1 atom stereocenters. The highest BCUT2D eigenvalue weighted by Gasteiger charge is 2.23. The number of nitriles is 1. The Labute approximate surface area is 141 Å². The Hall–Kier alpha value is -1.46. The average molecular weight is 336 g/mol. The summed E-state index contributed by atoms with van der Waals surface area (Å²) in [6.45, 7) is 7.64. The Morgan fingerprint density at radius 3 is 3.04 bits per heavy atom. The molecule has 0 bridgehead atoms. The van der Waals surface area contributed by atoms with Crippen LogP contribution in [-0.2, 0) is 9.53 Å². The summed E-state index contributed by atoms with van der Waals surface area (Å²) in [5.41, 5.74) is 0.531. The van der Waals surface area contributed by atoms with E-state index in [1.54, 1.807) is 13.2 Å². The third-order valence-electron chi connectivity index (χ3n) is 4.13. The van der Waals surface area contributed by atoms with E-state index >= 15 is 0 Å². The summed E-state index contributed by atoms with van der Waals surface area (Å²) in [4.78, 5) is 16.8. The largest absolute Gasteiger partial charge is 0.383 e. The lowest BCUT2D eigenvalue weighted by Gasteiger charge is -2.39. The molecule has 1 fully saturated rings. The van der Waals surface area contributed by atoms with Crippen molar-refractivity contribution in [2.24, 2.45) is 0 Å². The van der Waals surface area contributed by atoms with Crippen LogP contribution in [0.4, 0.5) is 5.00 Å². The number of ether oxygens (including phenoxy) is 1. The minimum Gasteiger partial charge on any atom is -0.383 e. The number of rotatable bonds is 7. The second-order valence-corrected chi connectivity index (χ2v) is 6.67. The van der Waals surface area contributed by atoms with Crippen LogP contribution >= 0.6 is 11.3 Å². The fraction of sp³-hybridized carbons (Fsp3) is 0.625. The second-order valence-electron chi connectivity index (χ2n) is 5.75. The lowest BCUT2D eigenvalue weighted by molar-refractivity contribution is -0.116. The molecule has 7 heteroatoms. The standard InChI is InChI=1S/C16H24N4O2S/c1-13-12-19(6-7-20(13)8-9-22-2)5-3-15(21)18-16-14(11-17)4-10-23-16/h4,10,13H,3,5-9,12H2,1-2H3,(H,18,21). The molecule has 1 amide bonds.